The molecule has 0 saturated heterocycles. The van der Waals surface area contributed by atoms with Gasteiger partial charge in [-0.2, -0.15) is 0 Å². The molecule has 0 aromatic heterocycles. The van der Waals surface area contributed by atoms with Crippen molar-refractivity contribution in [1.82, 2.24) is 0 Å². The van der Waals surface area contributed by atoms with E-state index in [-0.39, 0.29) is 0 Å². The third-order valence-electron chi connectivity index (χ3n) is 8.09. The van der Waals surface area contributed by atoms with Gasteiger partial charge in [-0.1, -0.05) is 124 Å². The normalized spacial score (nSPS) is 11.9. The number of hydrogen-bond donors (Lipinski definition) is 0. The van der Waals surface area contributed by atoms with E-state index in [1.54, 1.807) is 0 Å². The van der Waals surface area contributed by atoms with Gasteiger partial charge in [0.25, 0.3) is 0 Å². The maximum Gasteiger partial charge on any atom is -0.00987 e. The summed E-state index contributed by atoms with van der Waals surface area (Å²) >= 11 is 0. The zero-order valence-electron chi connectivity index (χ0n) is 21.7. The smallest absolute Gasteiger partial charge is 0.00987 e. The lowest BCUT2D eigenvalue weighted by atomic mass is 9.91. The fourth-order valence-corrected chi connectivity index (χ4v) is 6.09. The van der Waals surface area contributed by atoms with Crippen LogP contribution in [0.25, 0.3) is 53.9 Å². The molecule has 0 amide bonds. The number of fused-ring (bicyclic) bond motifs is 9. The molecule has 0 nitrogen and oxygen atoms in total. The first-order chi connectivity index (χ1) is 17.8. The number of rotatable bonds is 8. The van der Waals surface area contributed by atoms with Crippen LogP contribution in [0.15, 0.2) is 84.9 Å². The van der Waals surface area contributed by atoms with Crippen LogP contribution in [0.2, 0.25) is 0 Å². The van der Waals surface area contributed by atoms with Gasteiger partial charge in [0.1, 0.15) is 0 Å². The third kappa shape index (κ3) is 4.13. The number of hydrogen-bond acceptors (Lipinski definition) is 0. The van der Waals surface area contributed by atoms with Gasteiger partial charge in [0.05, 0.1) is 0 Å². The maximum atomic E-state index is 2.40. The molecule has 0 N–H and O–H groups in total. The minimum absolute atomic E-state index is 1.18. The number of aryl methyl sites for hydroxylation is 2. The van der Waals surface area contributed by atoms with E-state index in [2.05, 4.69) is 98.8 Å². The molecule has 180 valence electrons. The van der Waals surface area contributed by atoms with Gasteiger partial charge in [0.15, 0.2) is 0 Å². The van der Waals surface area contributed by atoms with E-state index in [4.69, 9.17) is 0 Å². The van der Waals surface area contributed by atoms with E-state index in [1.165, 1.54) is 116 Å². The van der Waals surface area contributed by atoms with E-state index in [0.29, 0.717) is 0 Å². The Hall–Kier alpha value is -3.38. The average molecular weight is 469 g/mol. The second-order valence-electron chi connectivity index (χ2n) is 10.6. The number of unbranched alkanes of at least 4 members (excludes halogenated alkanes) is 4. The highest BCUT2D eigenvalue weighted by atomic mass is 14.1. The van der Waals surface area contributed by atoms with Crippen LogP contribution in [0.3, 0.4) is 0 Å². The highest BCUT2D eigenvalue weighted by Gasteiger charge is 2.10. The van der Waals surface area contributed by atoms with Crippen molar-refractivity contribution in [3.63, 3.8) is 0 Å². The molecule has 6 rings (SSSR count). The van der Waals surface area contributed by atoms with Crippen LogP contribution in [-0.2, 0) is 12.8 Å². The molecular formula is C36H36. The van der Waals surface area contributed by atoms with Crippen LogP contribution >= 0.6 is 0 Å². The molecule has 6 aromatic rings. The summed E-state index contributed by atoms with van der Waals surface area (Å²) in [6, 6.07) is 32.9. The molecule has 0 aliphatic carbocycles. The Morgan fingerprint density at radius 3 is 1.08 bits per heavy atom. The van der Waals surface area contributed by atoms with Crippen molar-refractivity contribution in [1.29, 1.82) is 0 Å². The second-order valence-corrected chi connectivity index (χ2v) is 10.6. The predicted octanol–water partition coefficient (Wildman–Crippen LogP) is 10.9. The minimum atomic E-state index is 1.18. The largest absolute Gasteiger partial charge is 0.0654 e. The molecule has 0 atom stereocenters. The van der Waals surface area contributed by atoms with Crippen molar-refractivity contribution >= 4 is 53.9 Å². The molecule has 0 unspecified atom stereocenters. The van der Waals surface area contributed by atoms with Crippen LogP contribution in [0.4, 0.5) is 0 Å². The average Bonchev–Trinajstić information content (AvgIpc) is 2.92. The van der Waals surface area contributed by atoms with Crippen molar-refractivity contribution in [2.75, 3.05) is 0 Å². The standard InChI is InChI=1S/C36H36/c1-3-5-7-9-25-11-15-29-27(23-25)13-17-33-31(29)19-21-36-34-18-14-28-24-26(10-8-6-4-2)12-16-30(28)32(34)20-22-35(33)36/h11-24H,3-10H2,1-2H3. The van der Waals surface area contributed by atoms with E-state index in [9.17, 15) is 0 Å². The summed E-state index contributed by atoms with van der Waals surface area (Å²) in [6.45, 7) is 4.54. The van der Waals surface area contributed by atoms with E-state index >= 15 is 0 Å². The molecule has 0 radical (unpaired) electrons. The zero-order valence-corrected chi connectivity index (χ0v) is 21.7. The summed E-state index contributed by atoms with van der Waals surface area (Å²) in [5.74, 6) is 0. The van der Waals surface area contributed by atoms with Crippen molar-refractivity contribution in [3.8, 4) is 0 Å². The lowest BCUT2D eigenvalue weighted by Crippen LogP contribution is -1.88. The van der Waals surface area contributed by atoms with E-state index in [0.717, 1.165) is 0 Å². The van der Waals surface area contributed by atoms with Gasteiger partial charge < -0.3 is 0 Å². The van der Waals surface area contributed by atoms with Gasteiger partial charge in [0, 0.05) is 0 Å². The lowest BCUT2D eigenvalue weighted by Gasteiger charge is -2.12. The first-order valence-corrected chi connectivity index (χ1v) is 14.0. The van der Waals surface area contributed by atoms with Crippen LogP contribution in [0.5, 0.6) is 0 Å². The molecular weight excluding hydrogens is 432 g/mol. The molecule has 0 aliphatic rings. The Kier molecular flexibility index (Phi) is 6.36. The molecule has 0 aliphatic heterocycles. The van der Waals surface area contributed by atoms with E-state index < -0.39 is 0 Å². The van der Waals surface area contributed by atoms with Crippen LogP contribution in [0, 0.1) is 0 Å². The van der Waals surface area contributed by atoms with Crippen molar-refractivity contribution in [2.45, 2.75) is 65.2 Å². The molecule has 6 aromatic carbocycles. The molecule has 0 heteroatoms. The molecule has 36 heavy (non-hydrogen) atoms. The predicted molar refractivity (Wildman–Crippen MR) is 160 cm³/mol. The molecule has 0 saturated carbocycles. The van der Waals surface area contributed by atoms with Gasteiger partial charge in [-0.15, -0.1) is 0 Å². The van der Waals surface area contributed by atoms with Gasteiger partial charge >= 0.3 is 0 Å². The van der Waals surface area contributed by atoms with Gasteiger partial charge in [-0.25, -0.2) is 0 Å². The Labute approximate surface area is 214 Å². The second kappa shape index (κ2) is 9.94. The quantitative estimate of drug-likeness (QED) is 0.154. The maximum absolute atomic E-state index is 2.40. The van der Waals surface area contributed by atoms with Crippen molar-refractivity contribution in [2.24, 2.45) is 0 Å². The Bertz CT molecular complexity index is 1570. The molecule has 0 heterocycles. The minimum Gasteiger partial charge on any atom is -0.0654 e. The third-order valence-corrected chi connectivity index (χ3v) is 8.09. The van der Waals surface area contributed by atoms with Crippen LogP contribution in [0.1, 0.15) is 63.5 Å². The zero-order chi connectivity index (χ0) is 24.5. The lowest BCUT2D eigenvalue weighted by molar-refractivity contribution is 0.718. The summed E-state index contributed by atoms with van der Waals surface area (Å²) in [6.07, 6.45) is 10.1. The highest BCUT2D eigenvalue weighted by molar-refractivity contribution is 6.24. The first-order valence-electron chi connectivity index (χ1n) is 14.0. The van der Waals surface area contributed by atoms with Crippen molar-refractivity contribution < 1.29 is 0 Å². The Morgan fingerprint density at radius 2 is 0.694 bits per heavy atom. The fraction of sp³-hybridized carbons (Fsp3) is 0.278. The summed E-state index contributed by atoms with van der Waals surface area (Å²) in [7, 11) is 0. The highest BCUT2D eigenvalue weighted by Crippen LogP contribution is 2.37. The van der Waals surface area contributed by atoms with Crippen molar-refractivity contribution in [3.05, 3.63) is 96.1 Å². The Balaban J connectivity index is 1.44. The van der Waals surface area contributed by atoms with Crippen LogP contribution in [-0.4, -0.2) is 0 Å². The topological polar surface area (TPSA) is 0 Å². The molecule has 0 fully saturated rings. The van der Waals surface area contributed by atoms with Crippen LogP contribution < -0.4 is 0 Å². The van der Waals surface area contributed by atoms with E-state index in [1.807, 2.05) is 0 Å². The SMILES string of the molecule is CCCCCc1ccc2c(ccc3c2ccc2c4ccc5cc(CCCCC)ccc5c4ccc32)c1. The monoisotopic (exact) mass is 468 g/mol. The molecule has 0 bridgehead atoms. The molecule has 0 spiro atoms. The Morgan fingerprint density at radius 1 is 0.361 bits per heavy atom. The fourth-order valence-electron chi connectivity index (χ4n) is 6.09. The summed E-state index contributed by atoms with van der Waals surface area (Å²) in [4.78, 5) is 0. The first kappa shape index (κ1) is 23.0. The summed E-state index contributed by atoms with van der Waals surface area (Å²) < 4.78 is 0. The van der Waals surface area contributed by atoms with Gasteiger partial charge in [-0.05, 0) is 90.7 Å². The van der Waals surface area contributed by atoms with Gasteiger partial charge in [-0.3, -0.25) is 0 Å². The summed E-state index contributed by atoms with van der Waals surface area (Å²) in [5, 5.41) is 13.6. The summed E-state index contributed by atoms with van der Waals surface area (Å²) in [5.41, 5.74) is 2.92. The number of benzene rings is 6. The van der Waals surface area contributed by atoms with Gasteiger partial charge in [0.2, 0.25) is 0 Å².